The minimum Gasteiger partial charge on any atom is -0.491 e. The summed E-state index contributed by atoms with van der Waals surface area (Å²) in [6.45, 7) is 0.322. The maximum absolute atomic E-state index is 12.3. The molecule has 27 heavy (non-hydrogen) atoms. The van der Waals surface area contributed by atoms with E-state index < -0.39 is 0 Å². The largest absolute Gasteiger partial charge is 0.491 e. The summed E-state index contributed by atoms with van der Waals surface area (Å²) in [5.41, 5.74) is 0.401. The number of aromatic nitrogens is 5. The number of hydrogen-bond donors (Lipinski definition) is 1. The minimum absolute atomic E-state index is 0.0321. The summed E-state index contributed by atoms with van der Waals surface area (Å²) < 4.78 is 13.5. The van der Waals surface area contributed by atoms with Crippen LogP contribution in [0.3, 0.4) is 0 Å². The number of tetrazole rings is 1. The second-order valence-corrected chi connectivity index (χ2v) is 6.50. The monoisotopic (exact) mass is 390 g/mol. The Bertz CT molecular complexity index is 966. The molecule has 3 rings (SSSR count). The molecule has 0 aliphatic heterocycles. The lowest BCUT2D eigenvalue weighted by Gasteiger charge is -2.14. The van der Waals surface area contributed by atoms with Crippen molar-refractivity contribution in [2.75, 3.05) is 7.11 Å². The van der Waals surface area contributed by atoms with E-state index in [2.05, 4.69) is 20.8 Å². The van der Waals surface area contributed by atoms with Gasteiger partial charge in [0.1, 0.15) is 12.3 Å². The summed E-state index contributed by atoms with van der Waals surface area (Å²) in [5.74, 6) is 1.02. The van der Waals surface area contributed by atoms with Crippen molar-refractivity contribution in [2.24, 2.45) is 7.05 Å². The zero-order valence-electron chi connectivity index (χ0n) is 14.8. The number of nitrogens with zero attached hydrogens (tertiary/aromatic N) is 5. The smallest absolute Gasteiger partial charge is 0.240 e. The van der Waals surface area contributed by atoms with Crippen LogP contribution in [0, 0.1) is 0 Å². The lowest BCUT2D eigenvalue weighted by atomic mass is 10.3. The van der Waals surface area contributed by atoms with Crippen LogP contribution in [0.5, 0.6) is 5.75 Å². The quantitative estimate of drug-likeness (QED) is 0.555. The van der Waals surface area contributed by atoms with Gasteiger partial charge in [-0.3, -0.25) is 9.59 Å². The van der Waals surface area contributed by atoms with E-state index in [1.807, 2.05) is 0 Å². The van der Waals surface area contributed by atoms with Crippen LogP contribution in [-0.4, -0.2) is 37.8 Å². The maximum atomic E-state index is 12.3. The molecule has 1 amide bonds. The van der Waals surface area contributed by atoms with Gasteiger partial charge in [-0.25, -0.2) is 4.68 Å². The molecule has 3 heterocycles. The van der Waals surface area contributed by atoms with Gasteiger partial charge in [-0.05, 0) is 22.6 Å². The molecule has 0 atom stereocenters. The molecule has 0 aliphatic rings. The molecule has 0 aliphatic carbocycles. The Labute approximate surface area is 158 Å². The van der Waals surface area contributed by atoms with Crippen LogP contribution in [0.1, 0.15) is 11.5 Å². The molecule has 11 heteroatoms. The standard InChI is InChI=1S/C16H18N6O4S/c1-21-16(18-19-20-21)27-10-11-6-13(23)14(25-2)8-22(11)9-15(24)17-7-12-4-3-5-26-12/h3-6,8H,7,9-10H2,1-2H3,(H,17,24). The predicted octanol–water partition coefficient (Wildman–Crippen LogP) is 0.582. The van der Waals surface area contributed by atoms with Crippen molar-refractivity contribution in [1.82, 2.24) is 30.1 Å². The molecule has 0 bridgehead atoms. The van der Waals surface area contributed by atoms with E-state index in [-0.39, 0.29) is 30.2 Å². The number of thioether (sulfide) groups is 1. The predicted molar refractivity (Wildman–Crippen MR) is 96.2 cm³/mol. The summed E-state index contributed by atoms with van der Waals surface area (Å²) in [5, 5.41) is 14.6. The van der Waals surface area contributed by atoms with E-state index >= 15 is 0 Å². The lowest BCUT2D eigenvalue weighted by molar-refractivity contribution is -0.121. The minimum atomic E-state index is -0.253. The number of ether oxygens (including phenoxy) is 1. The summed E-state index contributed by atoms with van der Waals surface area (Å²) in [4.78, 5) is 24.4. The summed E-state index contributed by atoms with van der Waals surface area (Å²) in [7, 11) is 3.14. The van der Waals surface area contributed by atoms with Crippen LogP contribution in [-0.2, 0) is 30.7 Å². The Hall–Kier alpha value is -3.08. The van der Waals surface area contributed by atoms with Crippen LogP contribution >= 0.6 is 11.8 Å². The first kappa shape index (κ1) is 18.7. The number of nitrogens with one attached hydrogen (secondary N) is 1. The summed E-state index contributed by atoms with van der Waals surface area (Å²) in [6, 6.07) is 4.99. The fourth-order valence-electron chi connectivity index (χ4n) is 2.31. The Kier molecular flexibility index (Phi) is 5.91. The van der Waals surface area contributed by atoms with E-state index in [1.54, 1.807) is 30.0 Å². The number of rotatable bonds is 8. The highest BCUT2D eigenvalue weighted by Crippen LogP contribution is 2.19. The highest BCUT2D eigenvalue weighted by Gasteiger charge is 2.13. The first-order valence-corrected chi connectivity index (χ1v) is 8.97. The van der Waals surface area contributed by atoms with E-state index in [1.165, 1.54) is 35.8 Å². The molecule has 0 aromatic carbocycles. The molecule has 10 nitrogen and oxygen atoms in total. The van der Waals surface area contributed by atoms with Crippen molar-refractivity contribution in [1.29, 1.82) is 0 Å². The number of pyridine rings is 1. The van der Waals surface area contributed by atoms with E-state index in [4.69, 9.17) is 9.15 Å². The number of carbonyl (C=O) groups excluding carboxylic acids is 1. The Morgan fingerprint density at radius 3 is 2.96 bits per heavy atom. The number of carbonyl (C=O) groups is 1. The number of methoxy groups -OCH3 is 1. The van der Waals surface area contributed by atoms with E-state index in [9.17, 15) is 9.59 Å². The van der Waals surface area contributed by atoms with E-state index in [0.29, 0.717) is 22.4 Å². The van der Waals surface area contributed by atoms with Crippen molar-refractivity contribution >= 4 is 17.7 Å². The number of hydrogen-bond acceptors (Lipinski definition) is 8. The third kappa shape index (κ3) is 4.76. The van der Waals surface area contributed by atoms with Crippen LogP contribution in [0.25, 0.3) is 0 Å². The molecule has 0 fully saturated rings. The van der Waals surface area contributed by atoms with Gasteiger partial charge in [-0.2, -0.15) is 0 Å². The van der Waals surface area contributed by atoms with Gasteiger partial charge in [-0.15, -0.1) is 5.10 Å². The highest BCUT2D eigenvalue weighted by atomic mass is 32.2. The zero-order chi connectivity index (χ0) is 19.2. The second kappa shape index (κ2) is 8.54. The summed E-state index contributed by atoms with van der Waals surface area (Å²) in [6.07, 6.45) is 3.07. The van der Waals surface area contributed by atoms with Crippen molar-refractivity contribution in [2.45, 2.75) is 24.0 Å². The molecule has 3 aromatic rings. The van der Waals surface area contributed by atoms with Crippen molar-refractivity contribution in [3.8, 4) is 5.75 Å². The molecule has 0 radical (unpaired) electrons. The molecule has 0 spiro atoms. The first-order valence-electron chi connectivity index (χ1n) is 7.98. The molecular weight excluding hydrogens is 372 g/mol. The fraction of sp³-hybridized carbons (Fsp3) is 0.312. The number of furan rings is 1. The van der Waals surface area contributed by atoms with Gasteiger partial charge in [0.25, 0.3) is 0 Å². The van der Waals surface area contributed by atoms with Crippen molar-refractivity contribution in [3.05, 3.63) is 52.3 Å². The normalized spacial score (nSPS) is 10.7. The Morgan fingerprint density at radius 2 is 2.30 bits per heavy atom. The average Bonchev–Trinajstić information content (AvgIpc) is 3.31. The average molecular weight is 390 g/mol. The second-order valence-electron chi connectivity index (χ2n) is 5.56. The maximum Gasteiger partial charge on any atom is 0.240 e. The lowest BCUT2D eigenvalue weighted by Crippen LogP contribution is -2.28. The number of aryl methyl sites for hydroxylation is 1. The number of amides is 1. The highest BCUT2D eigenvalue weighted by molar-refractivity contribution is 7.98. The molecule has 0 saturated heterocycles. The topological polar surface area (TPSA) is 117 Å². The zero-order valence-corrected chi connectivity index (χ0v) is 15.6. The molecule has 0 saturated carbocycles. The molecule has 142 valence electrons. The summed E-state index contributed by atoms with van der Waals surface area (Å²) >= 11 is 1.36. The third-order valence-corrected chi connectivity index (χ3v) is 4.73. The van der Waals surface area contributed by atoms with Crippen LogP contribution in [0.15, 0.2) is 45.0 Å². The molecule has 3 aromatic heterocycles. The molecular formula is C16H18N6O4S. The van der Waals surface area contributed by atoms with Crippen LogP contribution in [0.4, 0.5) is 0 Å². The van der Waals surface area contributed by atoms with Crippen LogP contribution in [0.2, 0.25) is 0 Å². The third-order valence-electron chi connectivity index (χ3n) is 3.69. The Balaban J connectivity index is 1.73. The van der Waals surface area contributed by atoms with Gasteiger partial charge in [0.2, 0.25) is 16.5 Å². The van der Waals surface area contributed by atoms with Crippen LogP contribution < -0.4 is 15.5 Å². The van der Waals surface area contributed by atoms with Gasteiger partial charge >= 0.3 is 0 Å². The first-order chi connectivity index (χ1) is 13.1. The van der Waals surface area contributed by atoms with Crippen molar-refractivity contribution < 1.29 is 13.9 Å². The molecule has 0 unspecified atom stereocenters. The van der Waals surface area contributed by atoms with Crippen molar-refractivity contribution in [3.63, 3.8) is 0 Å². The van der Waals surface area contributed by atoms with Gasteiger partial charge in [0.15, 0.2) is 5.75 Å². The Morgan fingerprint density at radius 1 is 1.44 bits per heavy atom. The van der Waals surface area contributed by atoms with Gasteiger partial charge in [-0.1, -0.05) is 11.8 Å². The fourth-order valence-corrected chi connectivity index (χ4v) is 3.15. The SMILES string of the molecule is COc1cn(CC(=O)NCc2ccco2)c(CSc2nnnn2C)cc1=O. The molecule has 1 N–H and O–H groups in total. The van der Waals surface area contributed by atoms with Gasteiger partial charge in [0.05, 0.1) is 26.1 Å². The van der Waals surface area contributed by atoms with E-state index in [0.717, 1.165) is 0 Å². The van der Waals surface area contributed by atoms with Gasteiger partial charge in [0, 0.05) is 24.6 Å². The van der Waals surface area contributed by atoms with Gasteiger partial charge < -0.3 is 19.0 Å².